The fraction of sp³-hybridized carbons (Fsp3) is 0.500. The molecule has 0 saturated carbocycles. The van der Waals surface area contributed by atoms with Crippen molar-refractivity contribution >= 4 is 10.0 Å². The minimum atomic E-state index is -3.60. The van der Waals surface area contributed by atoms with Crippen molar-refractivity contribution in [2.45, 2.75) is 51.6 Å². The summed E-state index contributed by atoms with van der Waals surface area (Å²) in [6.07, 6.45) is 1.61. The van der Waals surface area contributed by atoms with Crippen LogP contribution < -0.4 is 5.73 Å². The Hall–Kier alpha value is -1.17. The molecule has 0 unspecified atom stereocenters. The van der Waals surface area contributed by atoms with Crippen LogP contribution in [0.25, 0.3) is 0 Å². The van der Waals surface area contributed by atoms with Crippen molar-refractivity contribution in [2.75, 3.05) is 6.54 Å². The Morgan fingerprint density at radius 3 is 2.29 bits per heavy atom. The maximum Gasteiger partial charge on any atom is 0.244 e. The van der Waals surface area contributed by atoms with Crippen LogP contribution in [0, 0.1) is 13.8 Å². The molecule has 0 amide bonds. The number of hydrogen-bond acceptors (Lipinski definition) is 3. The van der Waals surface area contributed by atoms with Crippen LogP contribution in [0.5, 0.6) is 0 Å². The second-order valence-electron chi connectivity index (χ2n) is 6.24. The lowest BCUT2D eigenvalue weighted by molar-refractivity contribution is 0.269. The summed E-state index contributed by atoms with van der Waals surface area (Å²) in [4.78, 5) is 0.333. The fourth-order valence-electron chi connectivity index (χ4n) is 2.25. The Kier molecular flexibility index (Phi) is 5.36. The predicted molar refractivity (Wildman–Crippen MR) is 87.6 cm³/mol. The van der Waals surface area contributed by atoms with Gasteiger partial charge in [0, 0.05) is 18.6 Å². The van der Waals surface area contributed by atoms with Gasteiger partial charge in [-0.05, 0) is 57.4 Å². The van der Waals surface area contributed by atoms with Gasteiger partial charge in [0.2, 0.25) is 10.0 Å². The van der Waals surface area contributed by atoms with Crippen LogP contribution in [0.2, 0.25) is 0 Å². The zero-order valence-corrected chi connectivity index (χ0v) is 14.4. The lowest BCUT2D eigenvalue weighted by Crippen LogP contribution is -2.45. The number of sulfonamides is 1. The molecule has 0 aliphatic carbocycles. The Morgan fingerprint density at radius 2 is 1.86 bits per heavy atom. The lowest BCUT2D eigenvalue weighted by atomic mass is 10.1. The third kappa shape index (κ3) is 3.73. The zero-order valence-electron chi connectivity index (χ0n) is 13.6. The van der Waals surface area contributed by atoms with Crippen molar-refractivity contribution in [1.29, 1.82) is 0 Å². The molecule has 0 aliphatic heterocycles. The second-order valence-corrected chi connectivity index (χ2v) is 8.07. The van der Waals surface area contributed by atoms with Crippen molar-refractivity contribution < 1.29 is 8.42 Å². The summed E-state index contributed by atoms with van der Waals surface area (Å²) >= 11 is 0. The highest BCUT2D eigenvalue weighted by Gasteiger charge is 2.34. The van der Waals surface area contributed by atoms with Crippen LogP contribution in [0.15, 0.2) is 29.7 Å². The number of nitrogens with two attached hydrogens (primary N) is 1. The molecule has 0 bridgehead atoms. The van der Waals surface area contributed by atoms with Gasteiger partial charge in [0.15, 0.2) is 0 Å². The number of rotatable bonds is 5. The molecule has 118 valence electrons. The summed E-state index contributed by atoms with van der Waals surface area (Å²) in [5, 5.41) is 0. The van der Waals surface area contributed by atoms with Gasteiger partial charge in [-0.2, -0.15) is 4.31 Å². The maximum atomic E-state index is 13.0. The van der Waals surface area contributed by atoms with Gasteiger partial charge < -0.3 is 5.73 Å². The largest absolute Gasteiger partial charge is 0.326 e. The minimum Gasteiger partial charge on any atom is -0.326 e. The molecule has 1 rings (SSSR count). The highest BCUT2D eigenvalue weighted by molar-refractivity contribution is 7.89. The lowest BCUT2D eigenvalue weighted by Gasteiger charge is -2.34. The Labute approximate surface area is 128 Å². The minimum absolute atomic E-state index is 0.275. The van der Waals surface area contributed by atoms with E-state index in [4.69, 9.17) is 5.73 Å². The van der Waals surface area contributed by atoms with Crippen LogP contribution in [-0.4, -0.2) is 24.8 Å². The van der Waals surface area contributed by atoms with Crippen molar-refractivity contribution in [3.8, 4) is 0 Å². The average Bonchev–Trinajstić information content (AvgIpc) is 2.37. The van der Waals surface area contributed by atoms with E-state index in [0.717, 1.165) is 16.7 Å². The van der Waals surface area contributed by atoms with E-state index in [0.29, 0.717) is 11.4 Å². The normalized spacial score (nSPS) is 12.7. The van der Waals surface area contributed by atoms with Gasteiger partial charge >= 0.3 is 0 Å². The zero-order chi connectivity index (χ0) is 16.4. The van der Waals surface area contributed by atoms with Gasteiger partial charge in [-0.3, -0.25) is 0 Å². The topological polar surface area (TPSA) is 63.4 Å². The van der Waals surface area contributed by atoms with Crippen molar-refractivity contribution in [2.24, 2.45) is 5.73 Å². The third-order valence-electron chi connectivity index (χ3n) is 3.53. The van der Waals surface area contributed by atoms with E-state index in [9.17, 15) is 8.42 Å². The summed E-state index contributed by atoms with van der Waals surface area (Å²) in [6.45, 7) is 13.6. The first kappa shape index (κ1) is 17.9. The molecule has 4 nitrogen and oxygen atoms in total. The van der Waals surface area contributed by atoms with Crippen molar-refractivity contribution in [1.82, 2.24) is 4.31 Å². The molecule has 0 heterocycles. The van der Waals surface area contributed by atoms with Crippen LogP contribution >= 0.6 is 0 Å². The summed E-state index contributed by atoms with van der Waals surface area (Å²) < 4.78 is 27.6. The number of benzene rings is 1. The van der Waals surface area contributed by atoms with E-state index >= 15 is 0 Å². The molecular weight excluding hydrogens is 284 g/mol. The third-order valence-corrected chi connectivity index (χ3v) is 5.78. The SMILES string of the molecule is C=CCN(C(C)(C)C)S(=O)(=O)c1cc(CN)cc(C)c1C. The standard InChI is InChI=1S/C16H26N2O2S/c1-7-8-18(16(4,5)6)21(19,20)15-10-14(11-17)9-12(2)13(15)3/h7,9-10H,1,8,11,17H2,2-6H3. The van der Waals surface area contributed by atoms with Gasteiger partial charge in [0.05, 0.1) is 4.90 Å². The highest BCUT2D eigenvalue weighted by atomic mass is 32.2. The van der Waals surface area contributed by atoms with Crippen LogP contribution in [0.1, 0.15) is 37.5 Å². The quantitative estimate of drug-likeness (QED) is 0.851. The molecule has 1 aromatic rings. The molecule has 2 N–H and O–H groups in total. The average molecular weight is 310 g/mol. The monoisotopic (exact) mass is 310 g/mol. The van der Waals surface area contributed by atoms with E-state index in [1.165, 1.54) is 4.31 Å². The summed E-state index contributed by atoms with van der Waals surface area (Å²) in [5.74, 6) is 0. The van der Waals surface area contributed by atoms with Gasteiger partial charge in [0.1, 0.15) is 0 Å². The van der Waals surface area contributed by atoms with Crippen molar-refractivity contribution in [3.05, 3.63) is 41.5 Å². The van der Waals surface area contributed by atoms with Gasteiger partial charge in [-0.15, -0.1) is 6.58 Å². The molecule has 0 atom stereocenters. The van der Waals surface area contributed by atoms with E-state index in [-0.39, 0.29) is 6.54 Å². The predicted octanol–water partition coefficient (Wildman–Crippen LogP) is 2.74. The maximum absolute atomic E-state index is 13.0. The fourth-order valence-corrected chi connectivity index (χ4v) is 4.36. The molecule has 0 aromatic heterocycles. The number of hydrogen-bond donors (Lipinski definition) is 1. The van der Waals surface area contributed by atoms with E-state index in [1.807, 2.05) is 40.7 Å². The smallest absolute Gasteiger partial charge is 0.244 e. The first-order valence-electron chi connectivity index (χ1n) is 6.99. The molecule has 0 saturated heterocycles. The number of nitrogens with zero attached hydrogens (tertiary/aromatic N) is 1. The van der Waals surface area contributed by atoms with Gasteiger partial charge in [0.25, 0.3) is 0 Å². The molecule has 0 fully saturated rings. The van der Waals surface area contributed by atoms with Gasteiger partial charge in [-0.1, -0.05) is 12.1 Å². The summed E-state index contributed by atoms with van der Waals surface area (Å²) in [7, 11) is -3.60. The Morgan fingerprint density at radius 1 is 1.29 bits per heavy atom. The van der Waals surface area contributed by atoms with E-state index in [1.54, 1.807) is 12.1 Å². The van der Waals surface area contributed by atoms with Crippen LogP contribution in [-0.2, 0) is 16.6 Å². The molecular formula is C16H26N2O2S. The molecule has 1 aromatic carbocycles. The molecule has 0 radical (unpaired) electrons. The molecule has 0 aliphatic rings. The van der Waals surface area contributed by atoms with Crippen molar-refractivity contribution in [3.63, 3.8) is 0 Å². The molecule has 0 spiro atoms. The summed E-state index contributed by atoms with van der Waals surface area (Å²) in [6, 6.07) is 3.61. The summed E-state index contributed by atoms with van der Waals surface area (Å²) in [5.41, 5.74) is 7.68. The molecule has 5 heteroatoms. The highest BCUT2D eigenvalue weighted by Crippen LogP contribution is 2.28. The Balaban J connectivity index is 3.55. The first-order chi connectivity index (χ1) is 9.55. The second kappa shape index (κ2) is 6.30. The molecule has 21 heavy (non-hydrogen) atoms. The van der Waals surface area contributed by atoms with E-state index < -0.39 is 15.6 Å². The van der Waals surface area contributed by atoms with E-state index in [2.05, 4.69) is 6.58 Å². The van der Waals surface area contributed by atoms with Crippen LogP contribution in [0.3, 0.4) is 0 Å². The van der Waals surface area contributed by atoms with Crippen LogP contribution in [0.4, 0.5) is 0 Å². The number of aryl methyl sites for hydroxylation is 1. The Bertz CT molecular complexity index is 628. The first-order valence-corrected chi connectivity index (χ1v) is 8.43. The van der Waals surface area contributed by atoms with Gasteiger partial charge in [-0.25, -0.2) is 8.42 Å².